The first-order valence-electron chi connectivity index (χ1n) is 11.1. The zero-order chi connectivity index (χ0) is 22.6. The Bertz CT molecular complexity index is 1230. The minimum atomic E-state index is -0.818. The Morgan fingerprint density at radius 1 is 1.03 bits per heavy atom. The van der Waals surface area contributed by atoms with Crippen LogP contribution in [0.2, 0.25) is 0 Å². The van der Waals surface area contributed by atoms with Gasteiger partial charge >= 0.3 is 0 Å². The van der Waals surface area contributed by atoms with Crippen LogP contribution in [0.3, 0.4) is 0 Å². The number of benzene rings is 2. The van der Waals surface area contributed by atoms with E-state index in [-0.39, 0.29) is 5.91 Å². The number of fused-ring (bicyclic) bond motifs is 1. The van der Waals surface area contributed by atoms with Crippen molar-refractivity contribution < 1.29 is 14.6 Å². The minimum absolute atomic E-state index is 0.00434. The predicted molar refractivity (Wildman–Crippen MR) is 127 cm³/mol. The van der Waals surface area contributed by atoms with E-state index < -0.39 is 6.23 Å². The fourth-order valence-corrected chi connectivity index (χ4v) is 4.22. The van der Waals surface area contributed by atoms with Crippen LogP contribution in [0.15, 0.2) is 79.3 Å². The molecule has 1 aliphatic rings. The molecule has 2 aromatic heterocycles. The molecular weight excluding hydrogens is 416 g/mol. The van der Waals surface area contributed by atoms with Gasteiger partial charge in [-0.15, -0.1) is 0 Å². The highest BCUT2D eigenvalue weighted by molar-refractivity contribution is 5.94. The van der Waals surface area contributed by atoms with Gasteiger partial charge in [-0.3, -0.25) is 4.79 Å². The van der Waals surface area contributed by atoms with Crippen molar-refractivity contribution in [3.63, 3.8) is 0 Å². The van der Waals surface area contributed by atoms with Crippen molar-refractivity contribution in [2.45, 2.75) is 12.6 Å². The number of ether oxygens (including phenoxy) is 1. The number of hydrogen-bond acceptors (Lipinski definition) is 5. The summed E-state index contributed by atoms with van der Waals surface area (Å²) < 4.78 is 7.33. The van der Waals surface area contributed by atoms with Crippen molar-refractivity contribution in [2.24, 2.45) is 0 Å². The first-order valence-corrected chi connectivity index (χ1v) is 11.1. The van der Waals surface area contributed by atoms with Crippen molar-refractivity contribution in [2.75, 3.05) is 31.6 Å². The van der Waals surface area contributed by atoms with E-state index in [1.807, 2.05) is 47.0 Å². The number of anilines is 1. The molecule has 1 saturated heterocycles. The number of hydrogen-bond donors (Lipinski definition) is 2. The summed E-state index contributed by atoms with van der Waals surface area (Å²) in [5.74, 6) is 0.00434. The van der Waals surface area contributed by atoms with Crippen LogP contribution in [0.1, 0.15) is 16.1 Å². The van der Waals surface area contributed by atoms with Gasteiger partial charge in [0.25, 0.3) is 5.91 Å². The van der Waals surface area contributed by atoms with Crippen molar-refractivity contribution >= 4 is 17.1 Å². The van der Waals surface area contributed by atoms with Gasteiger partial charge in [0, 0.05) is 42.0 Å². The fraction of sp³-hybridized carbons (Fsp3) is 0.231. The number of pyridine rings is 1. The number of aromatic nitrogens is 2. The summed E-state index contributed by atoms with van der Waals surface area (Å²) >= 11 is 0. The molecule has 0 saturated carbocycles. The zero-order valence-electron chi connectivity index (χ0n) is 18.2. The maximum atomic E-state index is 12.6. The van der Waals surface area contributed by atoms with E-state index in [1.54, 1.807) is 23.4 Å². The largest absolute Gasteiger partial charge is 0.378 e. The molecule has 5 rings (SSSR count). The minimum Gasteiger partial charge on any atom is -0.378 e. The maximum absolute atomic E-state index is 12.6. The first-order chi connectivity index (χ1) is 16.2. The molecule has 168 valence electrons. The third kappa shape index (κ3) is 4.60. The molecule has 7 heteroatoms. The molecule has 0 spiro atoms. The zero-order valence-corrected chi connectivity index (χ0v) is 18.2. The maximum Gasteiger partial charge on any atom is 0.254 e. The summed E-state index contributed by atoms with van der Waals surface area (Å²) in [5.41, 5.74) is 5.46. The molecule has 1 amide bonds. The van der Waals surface area contributed by atoms with E-state index in [2.05, 4.69) is 28.5 Å². The molecule has 7 nitrogen and oxygen atoms in total. The lowest BCUT2D eigenvalue weighted by atomic mass is 10.0. The third-order valence-electron chi connectivity index (χ3n) is 5.92. The van der Waals surface area contributed by atoms with Crippen LogP contribution in [0.5, 0.6) is 0 Å². The second-order valence-electron chi connectivity index (χ2n) is 8.09. The summed E-state index contributed by atoms with van der Waals surface area (Å²) in [6.45, 7) is 2.38. The summed E-state index contributed by atoms with van der Waals surface area (Å²) in [7, 11) is 0. The standard InChI is InChI=1S/C26H26N4O3/c31-25(28-21-8-6-20(7-9-21)26(32)29-12-14-33-15-13-29)16-24-23(19-4-2-1-3-5-19)11-10-22-17-27-18-30(22)24/h1-11,17-18,25,28,31H,12-16H2. The van der Waals surface area contributed by atoms with Crippen LogP contribution in [-0.4, -0.2) is 57.8 Å². The van der Waals surface area contributed by atoms with Crippen molar-refractivity contribution in [1.82, 2.24) is 14.3 Å². The van der Waals surface area contributed by atoms with Gasteiger partial charge in [-0.05, 0) is 35.9 Å². The smallest absolute Gasteiger partial charge is 0.254 e. The number of carbonyl (C=O) groups is 1. The lowest BCUT2D eigenvalue weighted by Gasteiger charge is -2.27. The molecule has 0 aliphatic carbocycles. The number of amides is 1. The van der Waals surface area contributed by atoms with Gasteiger partial charge in [0.15, 0.2) is 0 Å². The first kappa shape index (κ1) is 21.2. The number of morpholine rings is 1. The van der Waals surface area contributed by atoms with Crippen molar-refractivity contribution in [3.05, 3.63) is 90.5 Å². The fourth-order valence-electron chi connectivity index (χ4n) is 4.22. The molecule has 1 fully saturated rings. The molecular formula is C26H26N4O3. The summed E-state index contributed by atoms with van der Waals surface area (Å²) in [6, 6.07) is 21.5. The van der Waals surface area contributed by atoms with Crippen LogP contribution in [0.4, 0.5) is 5.69 Å². The van der Waals surface area contributed by atoms with E-state index in [0.717, 1.165) is 28.0 Å². The quantitative estimate of drug-likeness (QED) is 0.447. The second-order valence-corrected chi connectivity index (χ2v) is 8.09. The Morgan fingerprint density at radius 2 is 1.79 bits per heavy atom. The molecule has 4 aromatic rings. The molecule has 2 N–H and O–H groups in total. The number of imidazole rings is 1. The van der Waals surface area contributed by atoms with Crippen LogP contribution in [-0.2, 0) is 11.2 Å². The number of nitrogens with zero attached hydrogens (tertiary/aromatic N) is 3. The average molecular weight is 443 g/mol. The molecule has 1 atom stereocenters. The van der Waals surface area contributed by atoms with E-state index in [1.165, 1.54) is 0 Å². The van der Waals surface area contributed by atoms with Gasteiger partial charge < -0.3 is 24.5 Å². The third-order valence-corrected chi connectivity index (χ3v) is 5.92. The van der Waals surface area contributed by atoms with Crippen LogP contribution in [0, 0.1) is 0 Å². The Kier molecular flexibility index (Phi) is 6.06. The van der Waals surface area contributed by atoms with Gasteiger partial charge in [-0.25, -0.2) is 4.98 Å². The predicted octanol–water partition coefficient (Wildman–Crippen LogP) is 3.45. The SMILES string of the molecule is O=C(c1ccc(NC(O)Cc2c(-c3ccccc3)ccc3cncn23)cc1)N1CCOCC1. The molecule has 3 heterocycles. The van der Waals surface area contributed by atoms with Gasteiger partial charge in [0.2, 0.25) is 0 Å². The Morgan fingerprint density at radius 3 is 2.55 bits per heavy atom. The Hall–Kier alpha value is -3.68. The second kappa shape index (κ2) is 9.44. The topological polar surface area (TPSA) is 79.1 Å². The average Bonchev–Trinajstić information content (AvgIpc) is 3.35. The molecule has 2 aromatic carbocycles. The van der Waals surface area contributed by atoms with Crippen LogP contribution in [0.25, 0.3) is 16.6 Å². The van der Waals surface area contributed by atoms with Gasteiger partial charge in [0.05, 0.1) is 31.3 Å². The highest BCUT2D eigenvalue weighted by Gasteiger charge is 2.19. The lowest BCUT2D eigenvalue weighted by Crippen LogP contribution is -2.40. The van der Waals surface area contributed by atoms with Gasteiger partial charge in [0.1, 0.15) is 6.23 Å². The normalized spacial score (nSPS) is 14.9. The Balaban J connectivity index is 1.33. The van der Waals surface area contributed by atoms with Crippen molar-refractivity contribution in [1.29, 1.82) is 0 Å². The van der Waals surface area contributed by atoms with Crippen molar-refractivity contribution in [3.8, 4) is 11.1 Å². The van der Waals surface area contributed by atoms with E-state index in [4.69, 9.17) is 4.74 Å². The van der Waals surface area contributed by atoms with Crippen LogP contribution < -0.4 is 5.32 Å². The summed E-state index contributed by atoms with van der Waals surface area (Å²) in [6.07, 6.45) is 3.14. The summed E-state index contributed by atoms with van der Waals surface area (Å²) in [5, 5.41) is 14.0. The Labute approximate surface area is 192 Å². The van der Waals surface area contributed by atoms with Gasteiger partial charge in [-0.1, -0.05) is 36.4 Å². The number of rotatable bonds is 6. The van der Waals surface area contributed by atoms with E-state index >= 15 is 0 Å². The highest BCUT2D eigenvalue weighted by Crippen LogP contribution is 2.26. The number of nitrogens with one attached hydrogen (secondary N) is 1. The van der Waals surface area contributed by atoms with Gasteiger partial charge in [-0.2, -0.15) is 0 Å². The number of carbonyl (C=O) groups excluding carboxylic acids is 1. The number of aliphatic hydroxyl groups is 1. The molecule has 33 heavy (non-hydrogen) atoms. The molecule has 0 bridgehead atoms. The summed E-state index contributed by atoms with van der Waals surface area (Å²) in [4.78, 5) is 18.7. The molecule has 1 unspecified atom stereocenters. The van der Waals surface area contributed by atoms with Crippen LogP contribution >= 0.6 is 0 Å². The molecule has 1 aliphatic heterocycles. The lowest BCUT2D eigenvalue weighted by molar-refractivity contribution is 0.0303. The highest BCUT2D eigenvalue weighted by atomic mass is 16.5. The number of aliphatic hydroxyl groups excluding tert-OH is 1. The molecule has 0 radical (unpaired) electrons. The van der Waals surface area contributed by atoms with E-state index in [0.29, 0.717) is 38.3 Å². The van der Waals surface area contributed by atoms with E-state index in [9.17, 15) is 9.90 Å². The monoisotopic (exact) mass is 442 g/mol.